The van der Waals surface area contributed by atoms with Crippen LogP contribution in [0.15, 0.2) is 28.7 Å². The van der Waals surface area contributed by atoms with E-state index in [-0.39, 0.29) is 0 Å². The van der Waals surface area contributed by atoms with E-state index in [2.05, 4.69) is 5.32 Å². The van der Waals surface area contributed by atoms with Crippen molar-refractivity contribution < 1.29 is 9.15 Å². The van der Waals surface area contributed by atoms with Gasteiger partial charge in [0.25, 0.3) is 0 Å². The molecule has 1 heterocycles. The number of ether oxygens (including phenoxy) is 1. The highest BCUT2D eigenvalue weighted by Gasteiger charge is 2.03. The van der Waals surface area contributed by atoms with Crippen molar-refractivity contribution in [1.82, 2.24) is 5.32 Å². The minimum absolute atomic E-state index is 0.732. The van der Waals surface area contributed by atoms with Gasteiger partial charge in [0.15, 0.2) is 0 Å². The summed E-state index contributed by atoms with van der Waals surface area (Å²) in [6, 6.07) is 7.70. The van der Waals surface area contributed by atoms with E-state index in [1.54, 1.807) is 7.11 Å². The molecule has 0 aliphatic carbocycles. The summed E-state index contributed by atoms with van der Waals surface area (Å²) in [5, 5.41) is 5.08. The van der Waals surface area contributed by atoms with Gasteiger partial charge in [-0.15, -0.1) is 0 Å². The number of hydrogen-bond donors (Lipinski definition) is 1. The lowest BCUT2D eigenvalue weighted by molar-refractivity contribution is 0.199. The van der Waals surface area contributed by atoms with Crippen LogP contribution in [0.2, 0.25) is 5.02 Å². The molecular weight excluding hydrogens is 238 g/mol. The fourth-order valence-electron chi connectivity index (χ4n) is 1.70. The van der Waals surface area contributed by atoms with Crippen LogP contribution in [0.5, 0.6) is 0 Å². The maximum atomic E-state index is 5.92. The van der Waals surface area contributed by atoms with Crippen LogP contribution in [-0.2, 0) is 11.2 Å². The molecule has 2 rings (SSSR count). The van der Waals surface area contributed by atoms with Gasteiger partial charge < -0.3 is 14.5 Å². The van der Waals surface area contributed by atoms with Crippen molar-refractivity contribution in [3.8, 4) is 0 Å². The second-order valence-corrected chi connectivity index (χ2v) is 4.32. The highest BCUT2D eigenvalue weighted by molar-refractivity contribution is 6.31. The van der Waals surface area contributed by atoms with Crippen LogP contribution in [0.25, 0.3) is 11.0 Å². The standard InChI is InChI=1S/C13H16ClNO2/c1-16-7-6-15-5-4-12-9-10-8-11(14)2-3-13(10)17-12/h2-3,8-9,15H,4-7H2,1H3. The summed E-state index contributed by atoms with van der Waals surface area (Å²) < 4.78 is 10.7. The molecule has 0 aliphatic rings. The zero-order valence-electron chi connectivity index (χ0n) is 9.83. The van der Waals surface area contributed by atoms with Crippen LogP contribution >= 0.6 is 11.6 Å². The Morgan fingerprint density at radius 3 is 3.00 bits per heavy atom. The molecule has 0 atom stereocenters. The molecule has 1 aromatic carbocycles. The fraction of sp³-hybridized carbons (Fsp3) is 0.385. The molecule has 2 aromatic rings. The number of furan rings is 1. The Morgan fingerprint density at radius 1 is 1.29 bits per heavy atom. The summed E-state index contributed by atoms with van der Waals surface area (Å²) in [7, 11) is 1.70. The average Bonchev–Trinajstić information content (AvgIpc) is 2.70. The quantitative estimate of drug-likeness (QED) is 0.804. The van der Waals surface area contributed by atoms with Crippen LogP contribution in [0.3, 0.4) is 0 Å². The predicted molar refractivity (Wildman–Crippen MR) is 69.7 cm³/mol. The monoisotopic (exact) mass is 253 g/mol. The van der Waals surface area contributed by atoms with E-state index in [1.165, 1.54) is 0 Å². The van der Waals surface area contributed by atoms with E-state index in [0.717, 1.165) is 47.9 Å². The number of benzene rings is 1. The minimum atomic E-state index is 0.732. The van der Waals surface area contributed by atoms with Gasteiger partial charge in [-0.2, -0.15) is 0 Å². The van der Waals surface area contributed by atoms with Gasteiger partial charge >= 0.3 is 0 Å². The lowest BCUT2D eigenvalue weighted by Crippen LogP contribution is -2.21. The SMILES string of the molecule is COCCNCCc1cc2cc(Cl)ccc2o1. The van der Waals surface area contributed by atoms with Crippen LogP contribution < -0.4 is 5.32 Å². The molecule has 0 saturated heterocycles. The number of methoxy groups -OCH3 is 1. The smallest absolute Gasteiger partial charge is 0.134 e. The van der Waals surface area contributed by atoms with Crippen LogP contribution in [0.4, 0.5) is 0 Å². The fourth-order valence-corrected chi connectivity index (χ4v) is 1.88. The Balaban J connectivity index is 1.91. The van der Waals surface area contributed by atoms with Gasteiger partial charge in [0, 0.05) is 37.0 Å². The largest absolute Gasteiger partial charge is 0.461 e. The molecule has 92 valence electrons. The maximum Gasteiger partial charge on any atom is 0.134 e. The third kappa shape index (κ3) is 3.46. The molecule has 3 nitrogen and oxygen atoms in total. The van der Waals surface area contributed by atoms with E-state index in [1.807, 2.05) is 24.3 Å². The van der Waals surface area contributed by atoms with Crippen molar-refractivity contribution in [2.45, 2.75) is 6.42 Å². The average molecular weight is 254 g/mol. The Hall–Kier alpha value is -1.03. The highest BCUT2D eigenvalue weighted by atomic mass is 35.5. The molecule has 0 fully saturated rings. The van der Waals surface area contributed by atoms with Crippen molar-refractivity contribution in [2.24, 2.45) is 0 Å². The lowest BCUT2D eigenvalue weighted by atomic mass is 10.2. The molecule has 0 bridgehead atoms. The van der Waals surface area contributed by atoms with E-state index < -0.39 is 0 Å². The normalized spacial score (nSPS) is 11.2. The van der Waals surface area contributed by atoms with Gasteiger partial charge in [-0.05, 0) is 24.3 Å². The lowest BCUT2D eigenvalue weighted by Gasteiger charge is -2.01. The summed E-state index contributed by atoms with van der Waals surface area (Å²) >= 11 is 5.92. The first kappa shape index (κ1) is 12.4. The van der Waals surface area contributed by atoms with Gasteiger partial charge in [-0.25, -0.2) is 0 Å². The summed E-state index contributed by atoms with van der Waals surface area (Å²) in [6.07, 6.45) is 0.871. The van der Waals surface area contributed by atoms with Gasteiger partial charge in [-0.3, -0.25) is 0 Å². The van der Waals surface area contributed by atoms with Crippen LogP contribution in [-0.4, -0.2) is 26.8 Å². The third-order valence-electron chi connectivity index (χ3n) is 2.56. The van der Waals surface area contributed by atoms with Gasteiger partial charge in [0.2, 0.25) is 0 Å². The molecular formula is C13H16ClNO2. The number of hydrogen-bond acceptors (Lipinski definition) is 3. The second-order valence-electron chi connectivity index (χ2n) is 3.89. The van der Waals surface area contributed by atoms with Crippen molar-refractivity contribution in [1.29, 1.82) is 0 Å². The van der Waals surface area contributed by atoms with E-state index in [9.17, 15) is 0 Å². The summed E-state index contributed by atoms with van der Waals surface area (Å²) in [5.74, 6) is 0.979. The molecule has 0 amide bonds. The van der Waals surface area contributed by atoms with Crippen molar-refractivity contribution in [3.63, 3.8) is 0 Å². The Morgan fingerprint density at radius 2 is 2.18 bits per heavy atom. The first-order chi connectivity index (χ1) is 8.29. The number of nitrogens with one attached hydrogen (secondary N) is 1. The Labute approximate surface area is 106 Å². The molecule has 1 N–H and O–H groups in total. The molecule has 0 unspecified atom stereocenters. The van der Waals surface area contributed by atoms with Gasteiger partial charge in [0.05, 0.1) is 6.61 Å². The minimum Gasteiger partial charge on any atom is -0.461 e. The molecule has 0 aliphatic heterocycles. The predicted octanol–water partition coefficient (Wildman–Crippen LogP) is 2.86. The van der Waals surface area contributed by atoms with Gasteiger partial charge in [0.1, 0.15) is 11.3 Å². The third-order valence-corrected chi connectivity index (χ3v) is 2.80. The number of fused-ring (bicyclic) bond motifs is 1. The first-order valence-electron chi connectivity index (χ1n) is 5.67. The molecule has 1 aromatic heterocycles. The summed E-state index contributed by atoms with van der Waals surface area (Å²) in [4.78, 5) is 0. The van der Waals surface area contributed by atoms with E-state index >= 15 is 0 Å². The Kier molecular flexibility index (Phi) is 4.42. The van der Waals surface area contributed by atoms with Crippen LogP contribution in [0, 0.1) is 0 Å². The van der Waals surface area contributed by atoms with Gasteiger partial charge in [-0.1, -0.05) is 11.6 Å². The zero-order chi connectivity index (χ0) is 12.1. The number of halogens is 1. The highest BCUT2D eigenvalue weighted by Crippen LogP contribution is 2.23. The van der Waals surface area contributed by atoms with Crippen molar-refractivity contribution in [3.05, 3.63) is 35.0 Å². The molecule has 0 radical (unpaired) electrons. The summed E-state index contributed by atoms with van der Waals surface area (Å²) in [6.45, 7) is 2.48. The van der Waals surface area contributed by atoms with E-state index in [0.29, 0.717) is 0 Å². The molecule has 4 heteroatoms. The van der Waals surface area contributed by atoms with E-state index in [4.69, 9.17) is 20.8 Å². The topological polar surface area (TPSA) is 34.4 Å². The second kappa shape index (κ2) is 6.05. The van der Waals surface area contributed by atoms with Crippen molar-refractivity contribution >= 4 is 22.6 Å². The summed E-state index contributed by atoms with van der Waals surface area (Å²) in [5.41, 5.74) is 0.890. The number of rotatable bonds is 6. The first-order valence-corrected chi connectivity index (χ1v) is 6.05. The van der Waals surface area contributed by atoms with Crippen molar-refractivity contribution in [2.75, 3.05) is 26.8 Å². The molecule has 0 saturated carbocycles. The zero-order valence-corrected chi connectivity index (χ0v) is 10.6. The molecule has 17 heavy (non-hydrogen) atoms. The Bertz CT molecular complexity index is 481. The van der Waals surface area contributed by atoms with Crippen LogP contribution in [0.1, 0.15) is 5.76 Å². The molecule has 0 spiro atoms. The maximum absolute atomic E-state index is 5.92.